The van der Waals surface area contributed by atoms with Gasteiger partial charge >= 0.3 is 0 Å². The fraction of sp³-hybridized carbons (Fsp3) is 0.125. The average Bonchev–Trinajstić information content (AvgIpc) is 2.77. The predicted octanol–water partition coefficient (Wildman–Crippen LogP) is 3.93. The van der Waals surface area contributed by atoms with Gasteiger partial charge in [-0.1, -0.05) is 36.4 Å². The molecule has 3 aromatic rings. The van der Waals surface area contributed by atoms with E-state index in [0.717, 1.165) is 16.5 Å². The lowest BCUT2D eigenvalue weighted by Gasteiger charge is -2.11. The Morgan fingerprint density at radius 1 is 1.05 bits per heavy atom. The summed E-state index contributed by atoms with van der Waals surface area (Å²) in [5.74, 6) is 0.307. The highest BCUT2D eigenvalue weighted by atomic mass is 19.1. The van der Waals surface area contributed by atoms with E-state index in [9.17, 15) is 4.39 Å². The predicted molar refractivity (Wildman–Crippen MR) is 73.4 cm³/mol. The Labute approximate surface area is 110 Å². The minimum atomic E-state index is -0.589. The lowest BCUT2D eigenvalue weighted by molar-refractivity contribution is 0.507. The van der Waals surface area contributed by atoms with Crippen LogP contribution in [0.2, 0.25) is 0 Å². The molecule has 0 spiro atoms. The van der Waals surface area contributed by atoms with Gasteiger partial charge in [-0.3, -0.25) is 0 Å². The number of aryl methyl sites for hydroxylation is 1. The van der Waals surface area contributed by atoms with Crippen LogP contribution >= 0.6 is 0 Å². The van der Waals surface area contributed by atoms with Crippen LogP contribution in [0.1, 0.15) is 22.9 Å². The number of hydrogen-bond donors (Lipinski definition) is 1. The Hall–Kier alpha value is -2.13. The van der Waals surface area contributed by atoms with Crippen LogP contribution in [-0.4, -0.2) is 0 Å². The molecule has 2 aromatic carbocycles. The number of furan rings is 1. The molecule has 0 bridgehead atoms. The van der Waals surface area contributed by atoms with E-state index in [4.69, 9.17) is 10.2 Å². The fourth-order valence-corrected chi connectivity index (χ4v) is 2.36. The van der Waals surface area contributed by atoms with Crippen LogP contribution in [0.4, 0.5) is 4.39 Å². The highest BCUT2D eigenvalue weighted by Gasteiger charge is 2.20. The molecule has 2 nitrogen and oxygen atoms in total. The minimum absolute atomic E-state index is 0.310. The zero-order valence-corrected chi connectivity index (χ0v) is 10.6. The number of halogens is 1. The normalized spacial score (nSPS) is 12.8. The van der Waals surface area contributed by atoms with Gasteiger partial charge in [-0.25, -0.2) is 4.39 Å². The van der Waals surface area contributed by atoms with E-state index in [1.807, 2.05) is 31.2 Å². The van der Waals surface area contributed by atoms with E-state index in [-0.39, 0.29) is 5.82 Å². The van der Waals surface area contributed by atoms with Gasteiger partial charge in [0.25, 0.3) is 0 Å². The van der Waals surface area contributed by atoms with E-state index >= 15 is 0 Å². The maximum Gasteiger partial charge on any atom is 0.134 e. The van der Waals surface area contributed by atoms with Gasteiger partial charge in [0.2, 0.25) is 0 Å². The zero-order chi connectivity index (χ0) is 13.4. The van der Waals surface area contributed by atoms with Crippen molar-refractivity contribution in [3.63, 3.8) is 0 Å². The van der Waals surface area contributed by atoms with Gasteiger partial charge in [0.1, 0.15) is 17.2 Å². The molecular formula is C16H14FNO. The van der Waals surface area contributed by atoms with Crippen LogP contribution in [0.15, 0.2) is 52.9 Å². The number of benzene rings is 2. The van der Waals surface area contributed by atoms with Gasteiger partial charge in [-0.2, -0.15) is 0 Å². The molecule has 0 saturated carbocycles. The average molecular weight is 255 g/mol. The summed E-state index contributed by atoms with van der Waals surface area (Å²) in [4.78, 5) is 0. The van der Waals surface area contributed by atoms with Crippen LogP contribution in [0.25, 0.3) is 11.0 Å². The molecule has 0 amide bonds. The van der Waals surface area contributed by atoms with E-state index < -0.39 is 6.04 Å². The minimum Gasteiger partial charge on any atom is -0.459 e. The van der Waals surface area contributed by atoms with Gasteiger partial charge in [0.05, 0.1) is 6.04 Å². The molecular weight excluding hydrogens is 241 g/mol. The van der Waals surface area contributed by atoms with E-state index in [1.165, 1.54) is 6.07 Å². The number of fused-ring (bicyclic) bond motifs is 1. The monoisotopic (exact) mass is 255 g/mol. The van der Waals surface area contributed by atoms with Gasteiger partial charge < -0.3 is 10.2 Å². The number of nitrogens with two attached hydrogens (primary N) is 1. The molecule has 1 aromatic heterocycles. The first-order valence-corrected chi connectivity index (χ1v) is 6.16. The van der Waals surface area contributed by atoms with Crippen LogP contribution in [0.5, 0.6) is 0 Å². The molecule has 0 radical (unpaired) electrons. The molecule has 1 atom stereocenters. The molecule has 0 aliphatic heterocycles. The molecule has 19 heavy (non-hydrogen) atoms. The van der Waals surface area contributed by atoms with Crippen molar-refractivity contribution >= 4 is 11.0 Å². The third kappa shape index (κ3) is 1.92. The van der Waals surface area contributed by atoms with Crippen LogP contribution < -0.4 is 5.73 Å². The molecule has 0 saturated heterocycles. The SMILES string of the molecule is Cc1c(C(N)c2ccccc2F)oc2ccccc12. The summed E-state index contributed by atoms with van der Waals surface area (Å²) in [5.41, 5.74) is 8.34. The second-order valence-corrected chi connectivity index (χ2v) is 4.59. The van der Waals surface area contributed by atoms with E-state index in [1.54, 1.807) is 18.2 Å². The molecule has 2 N–H and O–H groups in total. The molecule has 3 heteroatoms. The lowest BCUT2D eigenvalue weighted by atomic mass is 10.0. The van der Waals surface area contributed by atoms with Crippen molar-refractivity contribution in [1.29, 1.82) is 0 Å². The summed E-state index contributed by atoms with van der Waals surface area (Å²) < 4.78 is 19.6. The van der Waals surface area contributed by atoms with E-state index in [0.29, 0.717) is 11.3 Å². The number of rotatable bonds is 2. The first kappa shape index (κ1) is 11.9. The van der Waals surface area contributed by atoms with E-state index in [2.05, 4.69) is 0 Å². The standard InChI is InChI=1S/C16H14FNO/c1-10-11-6-3-5-9-14(11)19-16(10)15(18)12-7-2-4-8-13(12)17/h2-9,15H,18H2,1H3. The topological polar surface area (TPSA) is 39.2 Å². The molecule has 96 valence electrons. The summed E-state index contributed by atoms with van der Waals surface area (Å²) in [6.07, 6.45) is 0. The smallest absolute Gasteiger partial charge is 0.134 e. The van der Waals surface area contributed by atoms with Crippen molar-refractivity contribution < 1.29 is 8.81 Å². The van der Waals surface area contributed by atoms with Gasteiger partial charge in [-0.05, 0) is 19.1 Å². The van der Waals surface area contributed by atoms with Crippen LogP contribution in [0, 0.1) is 12.7 Å². The van der Waals surface area contributed by atoms with Crippen molar-refractivity contribution in [1.82, 2.24) is 0 Å². The number of para-hydroxylation sites is 1. The Morgan fingerprint density at radius 2 is 1.74 bits per heavy atom. The van der Waals surface area contributed by atoms with Crippen molar-refractivity contribution in [3.8, 4) is 0 Å². The molecule has 0 fully saturated rings. The third-order valence-electron chi connectivity index (χ3n) is 3.40. The van der Waals surface area contributed by atoms with Gasteiger partial charge in [0.15, 0.2) is 0 Å². The van der Waals surface area contributed by atoms with Crippen molar-refractivity contribution in [2.75, 3.05) is 0 Å². The Kier molecular flexibility index (Phi) is 2.84. The second kappa shape index (κ2) is 4.52. The van der Waals surface area contributed by atoms with Crippen LogP contribution in [-0.2, 0) is 0 Å². The first-order chi connectivity index (χ1) is 9.18. The third-order valence-corrected chi connectivity index (χ3v) is 3.40. The summed E-state index contributed by atoms with van der Waals surface area (Å²) in [5, 5.41) is 1.02. The summed E-state index contributed by atoms with van der Waals surface area (Å²) in [6, 6.07) is 13.7. The highest BCUT2D eigenvalue weighted by molar-refractivity contribution is 5.82. The Balaban J connectivity index is 2.14. The Morgan fingerprint density at radius 3 is 2.47 bits per heavy atom. The molecule has 3 rings (SSSR count). The molecule has 0 aliphatic carbocycles. The zero-order valence-electron chi connectivity index (χ0n) is 10.6. The Bertz CT molecular complexity index is 732. The molecule has 0 aliphatic rings. The quantitative estimate of drug-likeness (QED) is 0.753. The summed E-state index contributed by atoms with van der Waals surface area (Å²) in [6.45, 7) is 1.95. The van der Waals surface area contributed by atoms with Gasteiger partial charge in [-0.15, -0.1) is 0 Å². The van der Waals surface area contributed by atoms with Crippen molar-refractivity contribution in [2.24, 2.45) is 5.73 Å². The maximum absolute atomic E-state index is 13.8. The second-order valence-electron chi connectivity index (χ2n) is 4.59. The molecule has 1 heterocycles. The summed E-state index contributed by atoms with van der Waals surface area (Å²) >= 11 is 0. The molecule has 1 unspecified atom stereocenters. The van der Waals surface area contributed by atoms with Gasteiger partial charge in [0, 0.05) is 16.5 Å². The fourth-order valence-electron chi connectivity index (χ4n) is 2.36. The maximum atomic E-state index is 13.8. The lowest BCUT2D eigenvalue weighted by Crippen LogP contribution is -2.13. The first-order valence-electron chi connectivity index (χ1n) is 6.16. The van der Waals surface area contributed by atoms with Crippen molar-refractivity contribution in [3.05, 3.63) is 71.2 Å². The van der Waals surface area contributed by atoms with Crippen molar-refractivity contribution in [2.45, 2.75) is 13.0 Å². The highest BCUT2D eigenvalue weighted by Crippen LogP contribution is 2.32. The summed E-state index contributed by atoms with van der Waals surface area (Å²) in [7, 11) is 0. The largest absolute Gasteiger partial charge is 0.459 e. The number of hydrogen-bond acceptors (Lipinski definition) is 2. The van der Waals surface area contributed by atoms with Crippen LogP contribution in [0.3, 0.4) is 0 Å².